The number of hydrogen-bond donors (Lipinski definition) is 0. The molecule has 0 bridgehead atoms. The van der Waals surface area contributed by atoms with Crippen molar-refractivity contribution in [3.63, 3.8) is 0 Å². The monoisotopic (exact) mass is 890 g/mol. The lowest BCUT2D eigenvalue weighted by Gasteiger charge is -2.05. The summed E-state index contributed by atoms with van der Waals surface area (Å²) in [6, 6.07) is 25.5. The molecule has 4 aliphatic rings. The maximum atomic E-state index is 13.3. The van der Waals surface area contributed by atoms with E-state index in [9.17, 15) is 19.2 Å². The Morgan fingerprint density at radius 2 is 0.530 bits per heavy atom. The topological polar surface area (TPSA) is 105 Å². The van der Waals surface area contributed by atoms with E-state index < -0.39 is 23.9 Å². The highest BCUT2D eigenvalue weighted by atomic mass is 16.5. The largest absolute Gasteiger partial charge is 0.462 e. The molecule has 0 aliphatic heterocycles. The number of benzene rings is 1. The number of esters is 4. The van der Waals surface area contributed by atoms with Crippen LogP contribution in [0, 0.1) is 23.7 Å². The highest BCUT2D eigenvalue weighted by Crippen LogP contribution is 2.35. The molecule has 0 saturated heterocycles. The Bertz CT molecular complexity index is 2130. The molecule has 5 rings (SSSR count). The molecule has 0 N–H and O–H groups in total. The summed E-state index contributed by atoms with van der Waals surface area (Å²) < 4.78 is 22.6. The fraction of sp³-hybridized carbons (Fsp3) is 0.414. The van der Waals surface area contributed by atoms with E-state index in [1.54, 1.807) is 12.1 Å². The Morgan fingerprint density at radius 1 is 0.318 bits per heavy atom. The lowest BCUT2D eigenvalue weighted by atomic mass is 10.1. The minimum absolute atomic E-state index is 0.325. The number of carbonyl (C=O) groups excluding carboxylic acids is 4. The van der Waals surface area contributed by atoms with Crippen molar-refractivity contribution in [2.45, 2.75) is 130 Å². The van der Waals surface area contributed by atoms with Gasteiger partial charge in [0, 0.05) is 22.3 Å². The first-order valence-corrected chi connectivity index (χ1v) is 24.2. The van der Waals surface area contributed by atoms with Gasteiger partial charge in [0.25, 0.3) is 0 Å². The second kappa shape index (κ2) is 27.8. The SMILES string of the molecule is CCCCCCOC(=O)c1cc(C(=O)OCCCCCC)c2ccc(C#Cc3ccc(C#Cc4ccc5c(C(=O)OCCCCCC)cc(C(=O)OCCCCCC)c-5cc4)cc3)ccc1-2. The van der Waals surface area contributed by atoms with Gasteiger partial charge < -0.3 is 18.9 Å². The summed E-state index contributed by atoms with van der Waals surface area (Å²) in [6.07, 6.45) is 15.8. The van der Waals surface area contributed by atoms with E-state index in [-0.39, 0.29) is 0 Å². The van der Waals surface area contributed by atoms with Crippen molar-refractivity contribution in [1.82, 2.24) is 0 Å². The van der Waals surface area contributed by atoms with Crippen LogP contribution in [0.25, 0.3) is 22.3 Å². The van der Waals surface area contributed by atoms with Crippen LogP contribution in [0.15, 0.2) is 84.9 Å². The fourth-order valence-corrected chi connectivity index (χ4v) is 7.56. The van der Waals surface area contributed by atoms with Gasteiger partial charge in [0.15, 0.2) is 0 Å². The van der Waals surface area contributed by atoms with Gasteiger partial charge in [0.2, 0.25) is 0 Å². The lowest BCUT2D eigenvalue weighted by Crippen LogP contribution is -2.07. The van der Waals surface area contributed by atoms with Crippen molar-refractivity contribution >= 4 is 23.9 Å². The number of fused-ring (bicyclic) bond motifs is 2. The average molecular weight is 891 g/mol. The Hall–Kier alpha value is -6.38. The number of carbonyl (C=O) groups is 4. The predicted octanol–water partition coefficient (Wildman–Crippen LogP) is 13.6. The molecule has 0 saturated carbocycles. The quantitative estimate of drug-likeness (QED) is 0.0261. The van der Waals surface area contributed by atoms with E-state index in [0.717, 1.165) is 114 Å². The fourth-order valence-electron chi connectivity index (χ4n) is 7.56. The van der Waals surface area contributed by atoms with Gasteiger partial charge in [0.1, 0.15) is 0 Å². The highest BCUT2D eigenvalue weighted by Gasteiger charge is 2.27. The zero-order chi connectivity index (χ0) is 46.9. The number of unbranched alkanes of at least 4 members (excludes halogenated alkanes) is 12. The molecular formula is C58H66O8. The molecule has 8 heteroatoms. The van der Waals surface area contributed by atoms with E-state index in [1.807, 2.05) is 72.8 Å². The van der Waals surface area contributed by atoms with E-state index in [0.29, 0.717) is 82.1 Å². The number of hydrogen-bond acceptors (Lipinski definition) is 8. The predicted molar refractivity (Wildman–Crippen MR) is 262 cm³/mol. The second-order valence-corrected chi connectivity index (χ2v) is 16.7. The average Bonchev–Trinajstić information content (AvgIpc) is 3.72. The number of ether oxygens (including phenoxy) is 4. The molecule has 0 fully saturated rings. The molecule has 0 heterocycles. The van der Waals surface area contributed by atoms with Gasteiger partial charge in [-0.25, -0.2) is 19.2 Å². The minimum atomic E-state index is -0.458. The summed E-state index contributed by atoms with van der Waals surface area (Å²) in [7, 11) is 0. The van der Waals surface area contributed by atoms with Gasteiger partial charge in [-0.3, -0.25) is 0 Å². The van der Waals surface area contributed by atoms with E-state index in [4.69, 9.17) is 18.9 Å². The van der Waals surface area contributed by atoms with Crippen molar-refractivity contribution in [1.29, 1.82) is 0 Å². The Kier molecular flexibility index (Phi) is 21.3. The van der Waals surface area contributed by atoms with Gasteiger partial charge in [-0.15, -0.1) is 0 Å². The van der Waals surface area contributed by atoms with E-state index in [1.165, 1.54) is 0 Å². The maximum absolute atomic E-state index is 13.3. The molecule has 1 aromatic carbocycles. The van der Waals surface area contributed by atoms with Crippen molar-refractivity contribution in [2.24, 2.45) is 0 Å². The lowest BCUT2D eigenvalue weighted by molar-refractivity contribution is 0.0482. The third-order valence-electron chi connectivity index (χ3n) is 11.4. The zero-order valence-electron chi connectivity index (χ0n) is 39.5. The normalized spacial score (nSPS) is 10.7. The highest BCUT2D eigenvalue weighted by molar-refractivity contribution is 6.09. The summed E-state index contributed by atoms with van der Waals surface area (Å²) in [5.74, 6) is 11.1. The van der Waals surface area contributed by atoms with Crippen molar-refractivity contribution in [2.75, 3.05) is 26.4 Å². The Labute approximate surface area is 392 Å². The van der Waals surface area contributed by atoms with Crippen LogP contribution in [0.4, 0.5) is 0 Å². The summed E-state index contributed by atoms with van der Waals surface area (Å²) >= 11 is 0. The molecule has 346 valence electrons. The van der Waals surface area contributed by atoms with E-state index >= 15 is 0 Å². The molecule has 1 aromatic rings. The molecule has 0 amide bonds. The third kappa shape index (κ3) is 15.4. The minimum Gasteiger partial charge on any atom is -0.462 e. The second-order valence-electron chi connectivity index (χ2n) is 16.7. The van der Waals surface area contributed by atoms with Crippen LogP contribution in [-0.4, -0.2) is 50.3 Å². The van der Waals surface area contributed by atoms with Crippen molar-refractivity contribution in [3.05, 3.63) is 129 Å². The molecule has 66 heavy (non-hydrogen) atoms. The van der Waals surface area contributed by atoms with Gasteiger partial charge in [-0.05, 0) is 109 Å². The number of rotatable bonds is 24. The maximum Gasteiger partial charge on any atom is 0.338 e. The van der Waals surface area contributed by atoms with Gasteiger partial charge in [-0.1, -0.05) is 153 Å². The van der Waals surface area contributed by atoms with Crippen LogP contribution < -0.4 is 0 Å². The Morgan fingerprint density at radius 3 is 0.742 bits per heavy atom. The first-order chi connectivity index (χ1) is 32.3. The Balaban J connectivity index is 1.33. The van der Waals surface area contributed by atoms with Gasteiger partial charge >= 0.3 is 23.9 Å². The molecule has 0 radical (unpaired) electrons. The summed E-state index contributed by atoms with van der Waals surface area (Å²) in [4.78, 5) is 53.2. The van der Waals surface area contributed by atoms with Crippen LogP contribution in [0.2, 0.25) is 0 Å². The molecular weight excluding hydrogens is 825 g/mol. The molecule has 0 aromatic heterocycles. The van der Waals surface area contributed by atoms with E-state index in [2.05, 4.69) is 51.4 Å². The molecule has 0 atom stereocenters. The van der Waals surface area contributed by atoms with Gasteiger partial charge in [0.05, 0.1) is 48.7 Å². The van der Waals surface area contributed by atoms with Gasteiger partial charge in [-0.2, -0.15) is 0 Å². The standard InChI is InChI=1S/C58H66O8/c1-5-9-13-17-37-63-55(59)51-41-52(56(60)64-38-18-14-10-6-2)48-34-30-45(29-33-47(48)51)27-25-43-21-23-44(24-22-43)26-28-46-31-35-49-50(36-32-46)54(58(62)66-40-20-16-12-8-4)42-53(49)57(61)65-39-19-15-11-7-3/h21-24,29-36,41-42H,5-20,37-40H2,1-4H3. The van der Waals surface area contributed by atoms with Crippen LogP contribution in [0.1, 0.15) is 194 Å². The zero-order valence-corrected chi connectivity index (χ0v) is 39.5. The summed E-state index contributed by atoms with van der Waals surface area (Å²) in [5, 5.41) is 0. The van der Waals surface area contributed by atoms with Crippen molar-refractivity contribution in [3.8, 4) is 45.9 Å². The molecule has 0 spiro atoms. The summed E-state index contributed by atoms with van der Waals surface area (Å²) in [5.41, 5.74) is 6.77. The molecule has 8 nitrogen and oxygen atoms in total. The third-order valence-corrected chi connectivity index (χ3v) is 11.4. The van der Waals surface area contributed by atoms with Crippen LogP contribution in [0.5, 0.6) is 0 Å². The first-order valence-electron chi connectivity index (χ1n) is 24.2. The molecule has 4 aliphatic carbocycles. The van der Waals surface area contributed by atoms with Crippen molar-refractivity contribution < 1.29 is 38.1 Å². The summed E-state index contributed by atoms with van der Waals surface area (Å²) in [6.45, 7) is 9.84. The van der Waals surface area contributed by atoms with Crippen LogP contribution in [0.3, 0.4) is 0 Å². The smallest absolute Gasteiger partial charge is 0.338 e. The van der Waals surface area contributed by atoms with Crippen LogP contribution in [-0.2, 0) is 18.9 Å². The first kappa shape index (κ1) is 50.6. The molecule has 0 unspecified atom stereocenters. The van der Waals surface area contributed by atoms with Crippen LogP contribution >= 0.6 is 0 Å².